The van der Waals surface area contributed by atoms with Crippen LogP contribution in [-0.4, -0.2) is 11.1 Å². The van der Waals surface area contributed by atoms with Gasteiger partial charge in [0.05, 0.1) is 17.1 Å². The Bertz CT molecular complexity index is 894. The molecule has 1 heterocycles. The van der Waals surface area contributed by atoms with Gasteiger partial charge in [-0.2, -0.15) is 0 Å². The molecule has 1 aromatic heterocycles. The van der Waals surface area contributed by atoms with Crippen molar-refractivity contribution in [3.05, 3.63) is 82.3 Å². The molecule has 0 fully saturated rings. The molecular formula is C19H16Cl2FNO3. The summed E-state index contributed by atoms with van der Waals surface area (Å²) in [5.41, 5.74) is 1.95. The van der Waals surface area contributed by atoms with E-state index in [1.54, 1.807) is 30.3 Å². The maximum Gasteiger partial charge on any atom is 0.335 e. The predicted molar refractivity (Wildman–Crippen MR) is 100 cm³/mol. The highest BCUT2D eigenvalue weighted by Gasteiger charge is 2.08. The standard InChI is InChI=1S/C19H15ClFNO3.ClH/c20-16-9-14(5-7-17(16)21)18-8-6-15(25-18)11-22-10-12-1-3-13(4-2-12)19(23)24;/h1-9,22H,10-11H2,(H,23,24);1H. The third-order valence-corrected chi connectivity index (χ3v) is 3.98. The molecule has 136 valence electrons. The first-order valence-corrected chi connectivity index (χ1v) is 7.98. The van der Waals surface area contributed by atoms with Crippen LogP contribution in [0.15, 0.2) is 59.0 Å². The zero-order valence-corrected chi connectivity index (χ0v) is 15.1. The van der Waals surface area contributed by atoms with Crippen molar-refractivity contribution in [2.45, 2.75) is 13.1 Å². The summed E-state index contributed by atoms with van der Waals surface area (Å²) in [5.74, 6) is -0.0570. The second-order valence-corrected chi connectivity index (χ2v) is 5.91. The van der Waals surface area contributed by atoms with Gasteiger partial charge in [-0.05, 0) is 48.0 Å². The van der Waals surface area contributed by atoms with E-state index < -0.39 is 11.8 Å². The fraction of sp³-hybridized carbons (Fsp3) is 0.105. The normalized spacial score (nSPS) is 10.4. The lowest BCUT2D eigenvalue weighted by Gasteiger charge is -2.04. The molecule has 4 nitrogen and oxygen atoms in total. The molecule has 0 saturated heterocycles. The SMILES string of the molecule is Cl.O=C(O)c1ccc(CNCc2ccc(-c3ccc(F)c(Cl)c3)o2)cc1. The smallest absolute Gasteiger partial charge is 0.335 e. The number of halogens is 3. The minimum absolute atomic E-state index is 0. The minimum atomic E-state index is -0.941. The number of aromatic carboxylic acids is 1. The van der Waals surface area contributed by atoms with Crippen LogP contribution in [0.25, 0.3) is 11.3 Å². The second kappa shape index (κ2) is 8.85. The lowest BCUT2D eigenvalue weighted by atomic mass is 10.1. The minimum Gasteiger partial charge on any atom is -0.478 e. The van der Waals surface area contributed by atoms with Crippen molar-refractivity contribution in [1.82, 2.24) is 5.32 Å². The fourth-order valence-corrected chi connectivity index (χ4v) is 2.55. The first kappa shape index (κ1) is 20.0. The van der Waals surface area contributed by atoms with Crippen molar-refractivity contribution < 1.29 is 18.7 Å². The van der Waals surface area contributed by atoms with Gasteiger partial charge in [0.15, 0.2) is 0 Å². The molecule has 0 bridgehead atoms. The van der Waals surface area contributed by atoms with Crippen molar-refractivity contribution in [2.24, 2.45) is 0 Å². The number of hydrogen-bond acceptors (Lipinski definition) is 3. The van der Waals surface area contributed by atoms with Gasteiger partial charge >= 0.3 is 5.97 Å². The molecule has 2 aromatic carbocycles. The van der Waals surface area contributed by atoms with Crippen LogP contribution in [0.2, 0.25) is 5.02 Å². The maximum absolute atomic E-state index is 13.2. The average molecular weight is 396 g/mol. The topological polar surface area (TPSA) is 62.5 Å². The fourth-order valence-electron chi connectivity index (χ4n) is 2.37. The number of hydrogen-bond donors (Lipinski definition) is 2. The molecule has 0 radical (unpaired) electrons. The average Bonchev–Trinajstić information content (AvgIpc) is 3.07. The molecule has 26 heavy (non-hydrogen) atoms. The van der Waals surface area contributed by atoms with Crippen molar-refractivity contribution in [3.63, 3.8) is 0 Å². The number of rotatable bonds is 6. The lowest BCUT2D eigenvalue weighted by Crippen LogP contribution is -2.12. The van der Waals surface area contributed by atoms with E-state index in [4.69, 9.17) is 21.1 Å². The van der Waals surface area contributed by atoms with Gasteiger partial charge in [-0.1, -0.05) is 23.7 Å². The van der Waals surface area contributed by atoms with Crippen LogP contribution in [0.4, 0.5) is 4.39 Å². The molecule has 2 N–H and O–H groups in total. The predicted octanol–water partition coefficient (Wildman–Crippen LogP) is 5.15. The van der Waals surface area contributed by atoms with Crippen molar-refractivity contribution >= 4 is 30.0 Å². The summed E-state index contributed by atoms with van der Waals surface area (Å²) < 4.78 is 18.9. The quantitative estimate of drug-likeness (QED) is 0.605. The number of carboxylic acids is 1. The van der Waals surface area contributed by atoms with E-state index in [0.717, 1.165) is 11.3 Å². The molecule has 0 atom stereocenters. The third kappa shape index (κ3) is 4.85. The number of nitrogens with one attached hydrogen (secondary N) is 1. The van der Waals surface area contributed by atoms with Crippen LogP contribution >= 0.6 is 24.0 Å². The molecule has 0 aliphatic carbocycles. The summed E-state index contributed by atoms with van der Waals surface area (Å²) >= 11 is 5.79. The Hall–Kier alpha value is -2.34. The maximum atomic E-state index is 13.2. The monoisotopic (exact) mass is 395 g/mol. The van der Waals surface area contributed by atoms with Crippen LogP contribution in [0.3, 0.4) is 0 Å². The Morgan fingerprint density at radius 1 is 1.08 bits per heavy atom. The molecule has 3 rings (SSSR count). The van der Waals surface area contributed by atoms with Gasteiger partial charge in [-0.3, -0.25) is 0 Å². The van der Waals surface area contributed by atoms with E-state index in [1.807, 2.05) is 12.1 Å². The summed E-state index contributed by atoms with van der Waals surface area (Å²) in [4.78, 5) is 10.8. The zero-order valence-electron chi connectivity index (χ0n) is 13.5. The van der Waals surface area contributed by atoms with Crippen molar-refractivity contribution in [1.29, 1.82) is 0 Å². The van der Waals surface area contributed by atoms with Gasteiger partial charge in [-0.25, -0.2) is 9.18 Å². The molecule has 0 aliphatic heterocycles. The molecule has 0 unspecified atom stereocenters. The largest absolute Gasteiger partial charge is 0.478 e. The number of benzene rings is 2. The Kier molecular flexibility index (Phi) is 6.80. The number of carboxylic acid groups (broad SMARTS) is 1. The van der Waals surface area contributed by atoms with Crippen LogP contribution < -0.4 is 5.32 Å². The van der Waals surface area contributed by atoms with Gasteiger partial charge in [0.25, 0.3) is 0 Å². The van der Waals surface area contributed by atoms with Gasteiger partial charge in [-0.15, -0.1) is 12.4 Å². The highest BCUT2D eigenvalue weighted by molar-refractivity contribution is 6.31. The first-order valence-electron chi connectivity index (χ1n) is 7.60. The van der Waals surface area contributed by atoms with Crippen LogP contribution in [0, 0.1) is 5.82 Å². The Morgan fingerprint density at radius 2 is 1.81 bits per heavy atom. The third-order valence-electron chi connectivity index (χ3n) is 3.70. The van der Waals surface area contributed by atoms with E-state index in [0.29, 0.717) is 24.4 Å². The summed E-state index contributed by atoms with van der Waals surface area (Å²) in [5, 5.41) is 12.2. The van der Waals surface area contributed by atoms with Crippen molar-refractivity contribution in [3.8, 4) is 11.3 Å². The Labute approximate surface area is 161 Å². The number of carbonyl (C=O) groups is 1. The van der Waals surface area contributed by atoms with Crippen LogP contribution in [0.5, 0.6) is 0 Å². The van der Waals surface area contributed by atoms with Gasteiger partial charge in [0, 0.05) is 12.1 Å². The lowest BCUT2D eigenvalue weighted by molar-refractivity contribution is 0.0697. The van der Waals surface area contributed by atoms with Gasteiger partial charge in [0.1, 0.15) is 17.3 Å². The van der Waals surface area contributed by atoms with E-state index in [1.165, 1.54) is 12.1 Å². The molecular weight excluding hydrogens is 380 g/mol. The van der Waals surface area contributed by atoms with Crippen LogP contribution in [-0.2, 0) is 13.1 Å². The van der Waals surface area contributed by atoms with Crippen molar-refractivity contribution in [2.75, 3.05) is 0 Å². The number of furan rings is 1. The van der Waals surface area contributed by atoms with E-state index in [-0.39, 0.29) is 23.0 Å². The Morgan fingerprint density at radius 3 is 2.46 bits per heavy atom. The molecule has 0 spiro atoms. The molecule has 0 aliphatic rings. The first-order chi connectivity index (χ1) is 12.0. The molecule has 0 amide bonds. The van der Waals surface area contributed by atoms with Gasteiger partial charge in [0.2, 0.25) is 0 Å². The Balaban J connectivity index is 0.00000243. The second-order valence-electron chi connectivity index (χ2n) is 5.50. The summed E-state index contributed by atoms with van der Waals surface area (Å²) in [6.07, 6.45) is 0. The van der Waals surface area contributed by atoms with E-state index >= 15 is 0 Å². The van der Waals surface area contributed by atoms with E-state index in [9.17, 15) is 9.18 Å². The highest BCUT2D eigenvalue weighted by Crippen LogP contribution is 2.26. The summed E-state index contributed by atoms with van der Waals surface area (Å²) in [6.45, 7) is 1.09. The molecule has 7 heteroatoms. The summed E-state index contributed by atoms with van der Waals surface area (Å²) in [7, 11) is 0. The molecule has 3 aromatic rings. The zero-order chi connectivity index (χ0) is 17.8. The summed E-state index contributed by atoms with van der Waals surface area (Å²) in [6, 6.07) is 14.8. The van der Waals surface area contributed by atoms with Gasteiger partial charge < -0.3 is 14.8 Å². The van der Waals surface area contributed by atoms with E-state index in [2.05, 4.69) is 5.32 Å². The molecule has 0 saturated carbocycles. The highest BCUT2D eigenvalue weighted by atomic mass is 35.5. The van der Waals surface area contributed by atoms with Crippen LogP contribution in [0.1, 0.15) is 21.7 Å².